The van der Waals surface area contributed by atoms with Gasteiger partial charge in [0, 0.05) is 17.3 Å². The molecule has 3 rings (SSSR count). The van der Waals surface area contributed by atoms with E-state index < -0.39 is 0 Å². The average Bonchev–Trinajstić information content (AvgIpc) is 2.72. The van der Waals surface area contributed by atoms with Gasteiger partial charge in [-0.2, -0.15) is 0 Å². The third kappa shape index (κ3) is 4.98. The number of hydrogen-bond donors (Lipinski definition) is 0. The Bertz CT molecular complexity index is 831. The summed E-state index contributed by atoms with van der Waals surface area (Å²) in [7, 11) is 0. The van der Waals surface area contributed by atoms with Crippen LogP contribution < -0.4 is 0 Å². The molecule has 0 saturated heterocycles. The summed E-state index contributed by atoms with van der Waals surface area (Å²) in [5.74, 6) is 0.880. The van der Waals surface area contributed by atoms with Gasteiger partial charge in [-0.25, -0.2) is 4.39 Å². The monoisotopic (exact) mass is 379 g/mol. The minimum Gasteiger partial charge on any atom is -0.265 e. The predicted octanol–water partition coefficient (Wildman–Crippen LogP) is 7.02. The first kappa shape index (κ1) is 19.6. The molecule has 0 N–H and O–H groups in total. The molecule has 3 atom stereocenters. The second-order valence-electron chi connectivity index (χ2n) is 7.14. The van der Waals surface area contributed by atoms with Gasteiger partial charge in [0.15, 0.2) is 0 Å². The smallest absolute Gasteiger partial charge is 0.123 e. The first-order chi connectivity index (χ1) is 13.1. The highest BCUT2D eigenvalue weighted by Crippen LogP contribution is 2.40. The maximum Gasteiger partial charge on any atom is 0.123 e. The van der Waals surface area contributed by atoms with Gasteiger partial charge in [0.2, 0.25) is 0 Å². The highest BCUT2D eigenvalue weighted by atomic mass is 32.2. The number of halogens is 1. The molecule has 0 fully saturated rings. The Kier molecular flexibility index (Phi) is 6.68. The standard InChI is InChI=1S/C24H26FNS/c1-17(19-6-10-23(27-3)11-7-19)16-24(21-12-14-26-15-13-21)18(2)20-4-8-22(25)9-5-20/h4-15,17-18,24H,16H2,1-3H3. The zero-order valence-corrected chi connectivity index (χ0v) is 16.9. The topological polar surface area (TPSA) is 12.9 Å². The van der Waals surface area contributed by atoms with Crippen LogP contribution in [0.4, 0.5) is 4.39 Å². The molecule has 0 saturated carbocycles. The SMILES string of the molecule is CSc1ccc(C(C)CC(c2ccncc2)C(C)c2ccc(F)cc2)cc1. The minimum atomic E-state index is -0.186. The maximum atomic E-state index is 13.4. The summed E-state index contributed by atoms with van der Waals surface area (Å²) < 4.78 is 13.4. The molecule has 27 heavy (non-hydrogen) atoms. The van der Waals surface area contributed by atoms with Crippen LogP contribution in [0.25, 0.3) is 0 Å². The molecule has 1 aromatic heterocycles. The lowest BCUT2D eigenvalue weighted by Crippen LogP contribution is -2.12. The van der Waals surface area contributed by atoms with Crippen molar-refractivity contribution >= 4 is 11.8 Å². The van der Waals surface area contributed by atoms with E-state index in [2.05, 4.69) is 61.5 Å². The van der Waals surface area contributed by atoms with Crippen molar-refractivity contribution in [2.75, 3.05) is 6.26 Å². The Balaban J connectivity index is 1.86. The van der Waals surface area contributed by atoms with E-state index in [0.717, 1.165) is 6.42 Å². The van der Waals surface area contributed by atoms with Crippen molar-refractivity contribution in [1.82, 2.24) is 4.98 Å². The van der Waals surface area contributed by atoms with E-state index in [4.69, 9.17) is 0 Å². The molecule has 0 aliphatic rings. The normalized spacial score (nSPS) is 14.5. The molecule has 1 heterocycles. The van der Waals surface area contributed by atoms with Crippen LogP contribution in [-0.2, 0) is 0 Å². The number of nitrogens with zero attached hydrogens (tertiary/aromatic N) is 1. The third-order valence-corrected chi connectivity index (χ3v) is 6.17. The lowest BCUT2D eigenvalue weighted by atomic mass is 9.76. The van der Waals surface area contributed by atoms with Crippen LogP contribution in [-0.4, -0.2) is 11.2 Å². The lowest BCUT2D eigenvalue weighted by Gasteiger charge is -2.28. The molecule has 0 aliphatic carbocycles. The molecule has 0 aliphatic heterocycles. The van der Waals surface area contributed by atoms with E-state index in [1.165, 1.54) is 21.6 Å². The maximum absolute atomic E-state index is 13.4. The molecular formula is C24H26FNS. The van der Waals surface area contributed by atoms with E-state index in [1.807, 2.05) is 24.5 Å². The van der Waals surface area contributed by atoms with Crippen LogP contribution in [0.5, 0.6) is 0 Å². The van der Waals surface area contributed by atoms with Gasteiger partial charge in [-0.15, -0.1) is 11.8 Å². The number of hydrogen-bond acceptors (Lipinski definition) is 2. The second kappa shape index (κ2) is 9.18. The number of rotatable bonds is 7. The summed E-state index contributed by atoms with van der Waals surface area (Å²) in [5.41, 5.74) is 3.82. The van der Waals surface area contributed by atoms with E-state index in [9.17, 15) is 4.39 Å². The van der Waals surface area contributed by atoms with Crippen molar-refractivity contribution < 1.29 is 4.39 Å². The fourth-order valence-corrected chi connectivity index (χ4v) is 4.10. The Morgan fingerprint density at radius 1 is 0.815 bits per heavy atom. The van der Waals surface area contributed by atoms with Crippen LogP contribution in [0, 0.1) is 5.82 Å². The van der Waals surface area contributed by atoms with Crippen molar-refractivity contribution in [1.29, 1.82) is 0 Å². The van der Waals surface area contributed by atoms with Crippen molar-refractivity contribution in [3.8, 4) is 0 Å². The van der Waals surface area contributed by atoms with Crippen LogP contribution in [0.3, 0.4) is 0 Å². The molecule has 0 radical (unpaired) electrons. The van der Waals surface area contributed by atoms with Crippen LogP contribution in [0.1, 0.15) is 54.7 Å². The molecule has 3 aromatic rings. The predicted molar refractivity (Wildman–Crippen MR) is 113 cm³/mol. The molecule has 0 amide bonds. The van der Waals surface area contributed by atoms with Gasteiger partial charge >= 0.3 is 0 Å². The third-order valence-electron chi connectivity index (χ3n) is 5.43. The molecule has 0 bridgehead atoms. The van der Waals surface area contributed by atoms with Gasteiger partial charge in [-0.3, -0.25) is 4.98 Å². The quantitative estimate of drug-likeness (QED) is 0.409. The second-order valence-corrected chi connectivity index (χ2v) is 8.02. The minimum absolute atomic E-state index is 0.186. The van der Waals surface area contributed by atoms with Gasteiger partial charge in [0.1, 0.15) is 5.82 Å². The molecule has 1 nitrogen and oxygen atoms in total. The lowest BCUT2D eigenvalue weighted by molar-refractivity contribution is 0.492. The molecule has 3 heteroatoms. The summed E-state index contributed by atoms with van der Waals surface area (Å²) in [6, 6.07) is 20.0. The number of pyridine rings is 1. The average molecular weight is 380 g/mol. The van der Waals surface area contributed by atoms with E-state index in [1.54, 1.807) is 23.9 Å². The first-order valence-electron chi connectivity index (χ1n) is 9.38. The van der Waals surface area contributed by atoms with Crippen LogP contribution in [0.2, 0.25) is 0 Å². The van der Waals surface area contributed by atoms with Gasteiger partial charge < -0.3 is 0 Å². The van der Waals surface area contributed by atoms with Crippen molar-refractivity contribution in [3.05, 3.63) is 95.6 Å². The number of thioether (sulfide) groups is 1. The van der Waals surface area contributed by atoms with Crippen molar-refractivity contribution in [3.63, 3.8) is 0 Å². The van der Waals surface area contributed by atoms with Gasteiger partial charge in [-0.05, 0) is 83.5 Å². The fourth-order valence-electron chi connectivity index (χ4n) is 3.69. The summed E-state index contributed by atoms with van der Waals surface area (Å²) in [6.45, 7) is 4.53. The molecule has 140 valence electrons. The molecule has 2 aromatic carbocycles. The van der Waals surface area contributed by atoms with Crippen LogP contribution >= 0.6 is 11.8 Å². The van der Waals surface area contributed by atoms with Gasteiger partial charge in [0.25, 0.3) is 0 Å². The first-order valence-corrected chi connectivity index (χ1v) is 10.6. The van der Waals surface area contributed by atoms with Crippen molar-refractivity contribution in [2.45, 2.75) is 42.9 Å². The zero-order valence-electron chi connectivity index (χ0n) is 16.1. The van der Waals surface area contributed by atoms with E-state index in [-0.39, 0.29) is 5.82 Å². The Labute approximate surface area is 166 Å². The molecule has 0 spiro atoms. The summed E-state index contributed by atoms with van der Waals surface area (Å²) in [4.78, 5) is 5.46. The fraction of sp³-hybridized carbons (Fsp3) is 0.292. The zero-order chi connectivity index (χ0) is 19.2. The highest BCUT2D eigenvalue weighted by Gasteiger charge is 2.24. The summed E-state index contributed by atoms with van der Waals surface area (Å²) >= 11 is 1.77. The van der Waals surface area contributed by atoms with Crippen molar-refractivity contribution in [2.24, 2.45) is 0 Å². The Hall–Kier alpha value is -2.13. The van der Waals surface area contributed by atoms with E-state index >= 15 is 0 Å². The number of aromatic nitrogens is 1. The van der Waals surface area contributed by atoms with Gasteiger partial charge in [-0.1, -0.05) is 38.1 Å². The molecular weight excluding hydrogens is 353 g/mol. The summed E-state index contributed by atoms with van der Waals surface area (Å²) in [6.07, 6.45) is 6.85. The Morgan fingerprint density at radius 3 is 2.00 bits per heavy atom. The van der Waals surface area contributed by atoms with E-state index in [0.29, 0.717) is 17.8 Å². The molecule has 3 unspecified atom stereocenters. The van der Waals surface area contributed by atoms with Crippen LogP contribution in [0.15, 0.2) is 78.0 Å². The van der Waals surface area contributed by atoms with Gasteiger partial charge in [0.05, 0.1) is 0 Å². The summed E-state index contributed by atoms with van der Waals surface area (Å²) in [5, 5.41) is 0. The highest BCUT2D eigenvalue weighted by molar-refractivity contribution is 7.98. The Morgan fingerprint density at radius 2 is 1.41 bits per heavy atom. The number of benzene rings is 2. The largest absolute Gasteiger partial charge is 0.265 e.